The molecule has 17 nitrogen and oxygen atoms in total. The number of unbranched alkanes of at least 4 members (excludes halogenated alkanes) is 27. The highest BCUT2D eigenvalue weighted by molar-refractivity contribution is 7.47. The summed E-state index contributed by atoms with van der Waals surface area (Å²) in [5.74, 6) is 0.754. The first kappa shape index (κ1) is 82.1. The zero-order chi connectivity index (χ0) is 62.5. The van der Waals surface area contributed by atoms with Gasteiger partial charge in [0.15, 0.2) is 12.2 Å². The first-order valence-electron chi connectivity index (χ1n) is 33.7. The number of phosphoric ester groups is 2. The summed E-state index contributed by atoms with van der Waals surface area (Å²) < 4.78 is 68.0. The Hall–Kier alpha value is -1.94. The molecule has 0 saturated heterocycles. The number of esters is 4. The standard InChI is InChI=1S/C65H126O17P2/c1-9-58(8)44-36-28-22-24-30-38-46-63(68)76-52-61(82-65(70)48-40-32-23-21-27-35-43-57(6)7)54-80-84(73,74)78-50-59(66)49-77-83(71,72)79-53-60(51-75-62(67)45-37-29-19-16-12-14-18-26-34-42-56(4)5)81-64(69)47-39-31-20-15-11-10-13-17-25-33-41-55(2)3/h55-61,66H,9-54H2,1-8H3,(H,71,72)(H,73,74)/t58?,59-,60-,61-/m1/s1. The second kappa shape index (κ2) is 55.2. The van der Waals surface area contributed by atoms with Crippen LogP contribution in [0.4, 0.5) is 0 Å². The molecule has 0 radical (unpaired) electrons. The molecule has 0 bridgehead atoms. The van der Waals surface area contributed by atoms with Gasteiger partial charge in [-0.25, -0.2) is 9.13 Å². The van der Waals surface area contributed by atoms with Crippen molar-refractivity contribution in [3.05, 3.63) is 0 Å². The number of phosphoric acid groups is 2. The summed E-state index contributed by atoms with van der Waals surface area (Å²) in [6.45, 7) is 13.9. The van der Waals surface area contributed by atoms with Gasteiger partial charge < -0.3 is 33.8 Å². The number of rotatable bonds is 62. The predicted octanol–water partition coefficient (Wildman–Crippen LogP) is 17.8. The minimum atomic E-state index is -4.95. The van der Waals surface area contributed by atoms with E-state index in [4.69, 9.17) is 37.0 Å². The molecular weight excluding hydrogens is 1110 g/mol. The van der Waals surface area contributed by atoms with E-state index in [-0.39, 0.29) is 25.7 Å². The van der Waals surface area contributed by atoms with Gasteiger partial charge in [0.05, 0.1) is 26.4 Å². The number of ether oxygens (including phenoxy) is 4. The smallest absolute Gasteiger partial charge is 0.462 e. The fourth-order valence-electron chi connectivity index (χ4n) is 9.57. The lowest BCUT2D eigenvalue weighted by molar-refractivity contribution is -0.161. The van der Waals surface area contributed by atoms with Gasteiger partial charge in [-0.15, -0.1) is 0 Å². The van der Waals surface area contributed by atoms with Crippen LogP contribution in [-0.2, 0) is 65.4 Å². The summed E-state index contributed by atoms with van der Waals surface area (Å²) in [6, 6.07) is 0. The zero-order valence-electron chi connectivity index (χ0n) is 54.5. The molecule has 0 fully saturated rings. The predicted molar refractivity (Wildman–Crippen MR) is 335 cm³/mol. The summed E-state index contributed by atoms with van der Waals surface area (Å²) >= 11 is 0. The minimum absolute atomic E-state index is 0.101. The summed E-state index contributed by atoms with van der Waals surface area (Å²) in [7, 11) is -9.89. The topological polar surface area (TPSA) is 237 Å². The first-order chi connectivity index (χ1) is 40.1. The maximum Gasteiger partial charge on any atom is 0.472 e. The van der Waals surface area contributed by atoms with Crippen LogP contribution in [0.1, 0.15) is 312 Å². The largest absolute Gasteiger partial charge is 0.472 e. The highest BCUT2D eigenvalue weighted by Crippen LogP contribution is 2.45. The molecule has 0 heterocycles. The van der Waals surface area contributed by atoms with Crippen molar-refractivity contribution >= 4 is 39.5 Å². The molecule has 0 aromatic heterocycles. The molecule has 3 N–H and O–H groups in total. The van der Waals surface area contributed by atoms with Crippen LogP contribution in [-0.4, -0.2) is 96.7 Å². The molecule has 0 saturated carbocycles. The molecule has 0 amide bonds. The van der Waals surface area contributed by atoms with Crippen molar-refractivity contribution in [3.63, 3.8) is 0 Å². The molecule has 0 aliphatic rings. The fraction of sp³-hybridized carbons (Fsp3) is 0.938. The molecule has 0 aromatic carbocycles. The number of hydrogen-bond acceptors (Lipinski definition) is 15. The second-order valence-corrected chi connectivity index (χ2v) is 28.1. The second-order valence-electron chi connectivity index (χ2n) is 25.2. The minimum Gasteiger partial charge on any atom is -0.462 e. The molecule has 0 rings (SSSR count). The maximum absolute atomic E-state index is 13.0. The van der Waals surface area contributed by atoms with E-state index in [1.165, 1.54) is 109 Å². The van der Waals surface area contributed by atoms with Gasteiger partial charge in [-0.05, 0) is 49.4 Å². The van der Waals surface area contributed by atoms with E-state index >= 15 is 0 Å². The number of aliphatic hydroxyl groups is 1. The van der Waals surface area contributed by atoms with Gasteiger partial charge in [-0.3, -0.25) is 37.3 Å². The Morgan fingerprint density at radius 3 is 0.845 bits per heavy atom. The van der Waals surface area contributed by atoms with E-state index in [1.807, 2.05) is 0 Å². The Balaban J connectivity index is 5.25. The van der Waals surface area contributed by atoms with Gasteiger partial charge in [-0.1, -0.05) is 261 Å². The molecule has 0 spiro atoms. The fourth-order valence-corrected chi connectivity index (χ4v) is 11.2. The van der Waals surface area contributed by atoms with E-state index < -0.39 is 97.5 Å². The highest BCUT2D eigenvalue weighted by atomic mass is 31.2. The van der Waals surface area contributed by atoms with E-state index in [0.29, 0.717) is 31.6 Å². The Morgan fingerprint density at radius 2 is 0.571 bits per heavy atom. The lowest BCUT2D eigenvalue weighted by atomic mass is 10.00. The molecule has 0 aliphatic carbocycles. The highest BCUT2D eigenvalue weighted by Gasteiger charge is 2.30. The van der Waals surface area contributed by atoms with Gasteiger partial charge in [-0.2, -0.15) is 0 Å². The number of carbonyl (C=O) groups is 4. The van der Waals surface area contributed by atoms with Crippen molar-refractivity contribution in [2.24, 2.45) is 23.7 Å². The quantitative estimate of drug-likeness (QED) is 0.0222. The van der Waals surface area contributed by atoms with Gasteiger partial charge in [0.2, 0.25) is 0 Å². The van der Waals surface area contributed by atoms with Gasteiger partial charge >= 0.3 is 39.5 Å². The summed E-state index contributed by atoms with van der Waals surface area (Å²) in [4.78, 5) is 72.2. The van der Waals surface area contributed by atoms with Crippen LogP contribution in [0.2, 0.25) is 0 Å². The van der Waals surface area contributed by atoms with Crippen LogP contribution >= 0.6 is 15.6 Å². The van der Waals surface area contributed by atoms with Crippen molar-refractivity contribution in [1.29, 1.82) is 0 Å². The summed E-state index contributed by atoms with van der Waals surface area (Å²) in [6.07, 6.45) is 35.0. The van der Waals surface area contributed by atoms with E-state index in [1.54, 1.807) is 0 Å². The molecule has 0 aromatic rings. The first-order valence-corrected chi connectivity index (χ1v) is 36.7. The van der Waals surface area contributed by atoms with E-state index in [2.05, 4.69) is 55.4 Å². The SMILES string of the molecule is CCC(C)CCCCCCCCC(=O)OC[C@H](COP(=O)(O)OC[C@H](O)COP(=O)(O)OC[C@@H](COC(=O)CCCCCCCCCCCC(C)C)OC(=O)CCCCCCCCCCCCC(C)C)OC(=O)CCCCCCCCC(C)C. The lowest BCUT2D eigenvalue weighted by Crippen LogP contribution is -2.30. The van der Waals surface area contributed by atoms with Crippen molar-refractivity contribution in [1.82, 2.24) is 0 Å². The Bertz CT molecular complexity index is 1680. The molecule has 6 atom stereocenters. The Labute approximate surface area is 511 Å². The van der Waals surface area contributed by atoms with Crippen LogP contribution in [0.25, 0.3) is 0 Å². The van der Waals surface area contributed by atoms with Crippen LogP contribution in [0.15, 0.2) is 0 Å². The number of hydrogen-bond donors (Lipinski definition) is 3. The Kier molecular flexibility index (Phi) is 53.9. The monoisotopic (exact) mass is 1240 g/mol. The average Bonchev–Trinajstić information content (AvgIpc) is 3.46. The van der Waals surface area contributed by atoms with Gasteiger partial charge in [0.1, 0.15) is 19.3 Å². The molecule has 19 heteroatoms. The molecule has 84 heavy (non-hydrogen) atoms. The van der Waals surface area contributed by atoms with Crippen LogP contribution in [0.3, 0.4) is 0 Å². The maximum atomic E-state index is 13.0. The number of aliphatic hydroxyl groups excluding tert-OH is 1. The van der Waals surface area contributed by atoms with Crippen LogP contribution in [0, 0.1) is 23.7 Å². The van der Waals surface area contributed by atoms with E-state index in [0.717, 1.165) is 114 Å². The van der Waals surface area contributed by atoms with Gasteiger partial charge in [0.25, 0.3) is 0 Å². The van der Waals surface area contributed by atoms with Crippen molar-refractivity contribution in [3.8, 4) is 0 Å². The zero-order valence-corrected chi connectivity index (χ0v) is 56.3. The van der Waals surface area contributed by atoms with E-state index in [9.17, 15) is 43.2 Å². The third-order valence-corrected chi connectivity index (χ3v) is 17.1. The molecular formula is C65H126O17P2. The summed E-state index contributed by atoms with van der Waals surface area (Å²) in [5.41, 5.74) is 0. The lowest BCUT2D eigenvalue weighted by Gasteiger charge is -2.21. The summed E-state index contributed by atoms with van der Waals surface area (Å²) in [5, 5.41) is 10.5. The number of carbonyl (C=O) groups excluding carboxylic acids is 4. The molecule has 498 valence electrons. The average molecular weight is 1240 g/mol. The van der Waals surface area contributed by atoms with Crippen molar-refractivity contribution < 1.29 is 80.2 Å². The third-order valence-electron chi connectivity index (χ3n) is 15.2. The third kappa shape index (κ3) is 57.8. The van der Waals surface area contributed by atoms with Crippen LogP contribution < -0.4 is 0 Å². The van der Waals surface area contributed by atoms with Crippen molar-refractivity contribution in [2.75, 3.05) is 39.6 Å². The normalized spacial score (nSPS) is 14.7. The van der Waals surface area contributed by atoms with Crippen LogP contribution in [0.5, 0.6) is 0 Å². The van der Waals surface area contributed by atoms with Gasteiger partial charge in [0, 0.05) is 25.7 Å². The molecule has 0 aliphatic heterocycles. The Morgan fingerprint density at radius 1 is 0.333 bits per heavy atom. The van der Waals surface area contributed by atoms with Crippen molar-refractivity contribution in [2.45, 2.75) is 331 Å². The molecule has 3 unspecified atom stereocenters.